The SMILES string of the molecule is NC(=O)c1csc(CNC(=O)c2cnn(C3CCCCC3)c2)n1. The molecule has 1 fully saturated rings. The van der Waals surface area contributed by atoms with Crippen molar-refractivity contribution in [3.63, 3.8) is 0 Å². The third kappa shape index (κ3) is 3.76. The van der Waals surface area contributed by atoms with Gasteiger partial charge in [0.25, 0.3) is 11.8 Å². The second kappa shape index (κ2) is 6.91. The van der Waals surface area contributed by atoms with Crippen LogP contribution in [0.4, 0.5) is 0 Å². The maximum Gasteiger partial charge on any atom is 0.268 e. The van der Waals surface area contributed by atoms with Crippen molar-refractivity contribution in [2.75, 3.05) is 0 Å². The molecule has 0 spiro atoms. The lowest BCUT2D eigenvalue weighted by molar-refractivity contribution is 0.0950. The summed E-state index contributed by atoms with van der Waals surface area (Å²) in [6.45, 7) is 0.269. The topological polar surface area (TPSA) is 103 Å². The normalized spacial score (nSPS) is 15.5. The van der Waals surface area contributed by atoms with Crippen molar-refractivity contribution in [1.82, 2.24) is 20.1 Å². The molecule has 1 aliphatic carbocycles. The van der Waals surface area contributed by atoms with Gasteiger partial charge in [0.1, 0.15) is 10.7 Å². The lowest BCUT2D eigenvalue weighted by Crippen LogP contribution is -2.22. The standard InChI is InChI=1S/C15H19N5O2S/c16-14(21)12-9-23-13(19-12)7-17-15(22)10-6-18-20(8-10)11-4-2-1-3-5-11/h6,8-9,11H,1-5,7H2,(H2,16,21)(H,17,22). The molecule has 0 aromatic carbocycles. The Bertz CT molecular complexity index is 702. The van der Waals surface area contributed by atoms with E-state index in [0.29, 0.717) is 16.6 Å². The molecule has 0 atom stereocenters. The van der Waals surface area contributed by atoms with Gasteiger partial charge in [-0.3, -0.25) is 14.3 Å². The van der Waals surface area contributed by atoms with E-state index in [9.17, 15) is 9.59 Å². The van der Waals surface area contributed by atoms with Crippen LogP contribution in [0.25, 0.3) is 0 Å². The van der Waals surface area contributed by atoms with Crippen LogP contribution in [0.2, 0.25) is 0 Å². The summed E-state index contributed by atoms with van der Waals surface area (Å²) in [5.74, 6) is -0.754. The van der Waals surface area contributed by atoms with Crippen LogP contribution < -0.4 is 11.1 Å². The predicted octanol–water partition coefficient (Wildman–Crippen LogP) is 1.87. The van der Waals surface area contributed by atoms with Crippen molar-refractivity contribution in [3.05, 3.63) is 34.0 Å². The van der Waals surface area contributed by atoms with Gasteiger partial charge in [-0.2, -0.15) is 5.10 Å². The molecule has 0 bridgehead atoms. The fraction of sp³-hybridized carbons (Fsp3) is 0.467. The highest BCUT2D eigenvalue weighted by atomic mass is 32.1. The molecule has 0 unspecified atom stereocenters. The molecule has 122 valence electrons. The molecule has 3 N–H and O–H groups in total. The lowest BCUT2D eigenvalue weighted by Gasteiger charge is -2.21. The summed E-state index contributed by atoms with van der Waals surface area (Å²) >= 11 is 1.30. The number of nitrogens with zero attached hydrogens (tertiary/aromatic N) is 3. The fourth-order valence-electron chi connectivity index (χ4n) is 2.76. The molecule has 2 amide bonds. The van der Waals surface area contributed by atoms with Crippen molar-refractivity contribution in [1.29, 1.82) is 0 Å². The summed E-state index contributed by atoms with van der Waals surface area (Å²) < 4.78 is 1.91. The summed E-state index contributed by atoms with van der Waals surface area (Å²) in [5.41, 5.74) is 5.92. The number of amides is 2. The predicted molar refractivity (Wildman–Crippen MR) is 86.2 cm³/mol. The molecule has 3 rings (SSSR count). The van der Waals surface area contributed by atoms with Crippen LogP contribution in [-0.4, -0.2) is 26.6 Å². The molecule has 2 aromatic heterocycles. The Hall–Kier alpha value is -2.22. The highest BCUT2D eigenvalue weighted by Crippen LogP contribution is 2.27. The van der Waals surface area contributed by atoms with Crippen molar-refractivity contribution in [3.8, 4) is 0 Å². The Labute approximate surface area is 137 Å². The minimum Gasteiger partial charge on any atom is -0.364 e. The molecule has 0 radical (unpaired) electrons. The van der Waals surface area contributed by atoms with Crippen molar-refractivity contribution in [2.45, 2.75) is 44.7 Å². The third-order valence-electron chi connectivity index (χ3n) is 4.02. The summed E-state index contributed by atoms with van der Waals surface area (Å²) in [4.78, 5) is 27.2. The monoisotopic (exact) mass is 333 g/mol. The van der Waals surface area contributed by atoms with Gasteiger partial charge < -0.3 is 11.1 Å². The van der Waals surface area contributed by atoms with Crippen LogP contribution in [0.3, 0.4) is 0 Å². The average Bonchev–Trinajstić information content (AvgIpc) is 3.23. The van der Waals surface area contributed by atoms with Gasteiger partial charge >= 0.3 is 0 Å². The minimum atomic E-state index is -0.562. The Kier molecular flexibility index (Phi) is 4.71. The van der Waals surface area contributed by atoms with Gasteiger partial charge in [0.2, 0.25) is 0 Å². The van der Waals surface area contributed by atoms with Crippen LogP contribution in [0.1, 0.15) is 64.0 Å². The Morgan fingerprint density at radius 3 is 2.83 bits per heavy atom. The highest BCUT2D eigenvalue weighted by Gasteiger charge is 2.18. The molecular weight excluding hydrogens is 314 g/mol. The van der Waals surface area contributed by atoms with Crippen molar-refractivity contribution < 1.29 is 9.59 Å². The molecule has 2 heterocycles. The number of thiazole rings is 1. The zero-order valence-corrected chi connectivity index (χ0v) is 13.5. The molecule has 23 heavy (non-hydrogen) atoms. The molecule has 1 aliphatic rings. The number of aromatic nitrogens is 3. The molecule has 0 saturated heterocycles. The average molecular weight is 333 g/mol. The van der Waals surface area contributed by atoms with E-state index < -0.39 is 5.91 Å². The highest BCUT2D eigenvalue weighted by molar-refractivity contribution is 7.09. The number of hydrogen-bond donors (Lipinski definition) is 2. The van der Waals surface area contributed by atoms with Crippen LogP contribution in [0.15, 0.2) is 17.8 Å². The summed E-state index contributed by atoms with van der Waals surface area (Å²) in [7, 11) is 0. The maximum atomic E-state index is 12.2. The van der Waals surface area contributed by atoms with E-state index in [2.05, 4.69) is 15.4 Å². The van der Waals surface area contributed by atoms with Crippen molar-refractivity contribution in [2.24, 2.45) is 5.73 Å². The second-order valence-electron chi connectivity index (χ2n) is 5.67. The zero-order valence-electron chi connectivity index (χ0n) is 12.7. The summed E-state index contributed by atoms with van der Waals surface area (Å²) in [6, 6.07) is 0.405. The first-order chi connectivity index (χ1) is 11.1. The van der Waals surface area contributed by atoms with Crippen molar-refractivity contribution >= 4 is 23.2 Å². The first-order valence-electron chi connectivity index (χ1n) is 7.70. The van der Waals surface area contributed by atoms with Gasteiger partial charge in [-0.25, -0.2) is 4.98 Å². The van der Waals surface area contributed by atoms with Crippen LogP contribution >= 0.6 is 11.3 Å². The number of nitrogens with two attached hydrogens (primary N) is 1. The first-order valence-corrected chi connectivity index (χ1v) is 8.58. The Morgan fingerprint density at radius 1 is 1.35 bits per heavy atom. The second-order valence-corrected chi connectivity index (χ2v) is 6.62. The Balaban J connectivity index is 1.57. The van der Waals surface area contributed by atoms with E-state index in [0.717, 1.165) is 12.8 Å². The van der Waals surface area contributed by atoms with Gasteiger partial charge in [-0.15, -0.1) is 11.3 Å². The summed E-state index contributed by atoms with van der Waals surface area (Å²) in [5, 5.41) is 9.35. The van der Waals surface area contributed by atoms with E-state index in [4.69, 9.17) is 5.73 Å². The molecule has 2 aromatic rings. The number of carbonyl (C=O) groups is 2. The van der Waals surface area contributed by atoms with E-state index in [-0.39, 0.29) is 18.1 Å². The van der Waals surface area contributed by atoms with Gasteiger partial charge in [0.15, 0.2) is 0 Å². The van der Waals surface area contributed by atoms with Gasteiger partial charge in [0, 0.05) is 11.6 Å². The van der Waals surface area contributed by atoms with E-state index >= 15 is 0 Å². The molecular formula is C15H19N5O2S. The molecule has 1 saturated carbocycles. The number of primary amides is 1. The van der Waals surface area contributed by atoms with Gasteiger partial charge in [0.05, 0.1) is 24.3 Å². The molecule has 0 aliphatic heterocycles. The third-order valence-corrected chi connectivity index (χ3v) is 4.87. The molecule has 7 nitrogen and oxygen atoms in total. The lowest BCUT2D eigenvalue weighted by atomic mass is 9.96. The van der Waals surface area contributed by atoms with Crippen LogP contribution in [0, 0.1) is 0 Å². The number of carbonyl (C=O) groups excluding carboxylic acids is 2. The van der Waals surface area contributed by atoms with E-state index in [1.165, 1.54) is 30.6 Å². The van der Waals surface area contributed by atoms with E-state index in [1.54, 1.807) is 11.6 Å². The number of rotatable bonds is 5. The van der Waals surface area contributed by atoms with Crippen LogP contribution in [0.5, 0.6) is 0 Å². The first kappa shape index (κ1) is 15.7. The van der Waals surface area contributed by atoms with Gasteiger partial charge in [-0.1, -0.05) is 19.3 Å². The van der Waals surface area contributed by atoms with Gasteiger partial charge in [-0.05, 0) is 12.8 Å². The zero-order chi connectivity index (χ0) is 16.2. The number of nitrogens with one attached hydrogen (secondary N) is 1. The molecule has 8 heteroatoms. The quantitative estimate of drug-likeness (QED) is 0.872. The maximum absolute atomic E-state index is 12.2. The Morgan fingerprint density at radius 2 is 2.13 bits per heavy atom. The fourth-order valence-corrected chi connectivity index (χ4v) is 3.49. The largest absolute Gasteiger partial charge is 0.364 e. The smallest absolute Gasteiger partial charge is 0.268 e. The minimum absolute atomic E-state index is 0.192. The number of hydrogen-bond acceptors (Lipinski definition) is 5. The van der Waals surface area contributed by atoms with E-state index in [1.807, 2.05) is 10.9 Å². The van der Waals surface area contributed by atoms with Crippen LogP contribution in [-0.2, 0) is 6.54 Å². The summed E-state index contributed by atoms with van der Waals surface area (Å²) in [6.07, 6.45) is 9.38.